The van der Waals surface area contributed by atoms with Gasteiger partial charge in [0.25, 0.3) is 5.91 Å². The molecular formula is C22H27ClN4O4. The Morgan fingerprint density at radius 2 is 1.71 bits per heavy atom. The predicted octanol–water partition coefficient (Wildman–Crippen LogP) is 3.66. The van der Waals surface area contributed by atoms with Gasteiger partial charge in [0, 0.05) is 24.5 Å². The van der Waals surface area contributed by atoms with Crippen molar-refractivity contribution in [1.82, 2.24) is 10.2 Å². The van der Waals surface area contributed by atoms with Crippen molar-refractivity contribution in [1.29, 1.82) is 0 Å². The van der Waals surface area contributed by atoms with Gasteiger partial charge in [0.1, 0.15) is 5.75 Å². The largest absolute Gasteiger partial charge is 0.482 e. The van der Waals surface area contributed by atoms with Crippen molar-refractivity contribution in [3.05, 3.63) is 53.1 Å². The Morgan fingerprint density at radius 3 is 2.35 bits per heavy atom. The van der Waals surface area contributed by atoms with E-state index in [1.807, 2.05) is 39.0 Å². The van der Waals surface area contributed by atoms with Gasteiger partial charge >= 0.3 is 6.03 Å². The zero-order chi connectivity index (χ0) is 22.8. The molecule has 31 heavy (non-hydrogen) atoms. The van der Waals surface area contributed by atoms with Crippen molar-refractivity contribution in [3.63, 3.8) is 0 Å². The summed E-state index contributed by atoms with van der Waals surface area (Å²) in [6.07, 6.45) is 0. The molecule has 0 aliphatic carbocycles. The Kier molecular flexibility index (Phi) is 9.14. The molecule has 0 bridgehead atoms. The van der Waals surface area contributed by atoms with Crippen LogP contribution in [0.4, 0.5) is 16.2 Å². The maximum atomic E-state index is 12.1. The van der Waals surface area contributed by atoms with E-state index in [-0.39, 0.29) is 24.1 Å². The van der Waals surface area contributed by atoms with Gasteiger partial charge in [-0.25, -0.2) is 4.79 Å². The maximum Gasteiger partial charge on any atom is 0.319 e. The van der Waals surface area contributed by atoms with E-state index in [2.05, 4.69) is 16.0 Å². The lowest BCUT2D eigenvalue weighted by molar-refractivity contribution is -0.133. The first-order chi connectivity index (χ1) is 14.8. The molecule has 0 aliphatic rings. The predicted molar refractivity (Wildman–Crippen MR) is 122 cm³/mol. The monoisotopic (exact) mass is 446 g/mol. The Hall–Kier alpha value is -3.26. The number of anilines is 2. The van der Waals surface area contributed by atoms with Crippen LogP contribution in [-0.2, 0) is 9.59 Å². The van der Waals surface area contributed by atoms with Crippen LogP contribution in [0.25, 0.3) is 0 Å². The van der Waals surface area contributed by atoms with Crippen molar-refractivity contribution in [2.45, 2.75) is 20.8 Å². The lowest BCUT2D eigenvalue weighted by atomic mass is 10.2. The summed E-state index contributed by atoms with van der Waals surface area (Å²) in [5.41, 5.74) is 2.09. The molecule has 2 aromatic carbocycles. The molecule has 9 heteroatoms. The van der Waals surface area contributed by atoms with Crippen molar-refractivity contribution >= 4 is 40.8 Å². The Balaban J connectivity index is 1.81. The van der Waals surface area contributed by atoms with Gasteiger partial charge in [0.15, 0.2) is 6.61 Å². The van der Waals surface area contributed by atoms with Gasteiger partial charge in [-0.2, -0.15) is 0 Å². The van der Waals surface area contributed by atoms with E-state index >= 15 is 0 Å². The summed E-state index contributed by atoms with van der Waals surface area (Å²) >= 11 is 6.19. The fourth-order valence-corrected chi connectivity index (χ4v) is 3.00. The van der Waals surface area contributed by atoms with E-state index in [9.17, 15) is 14.4 Å². The third kappa shape index (κ3) is 7.82. The molecule has 0 unspecified atom stereocenters. The minimum atomic E-state index is -0.486. The first kappa shape index (κ1) is 24.0. The van der Waals surface area contributed by atoms with Crippen LogP contribution < -0.4 is 20.7 Å². The Bertz CT molecular complexity index is 931. The van der Waals surface area contributed by atoms with Crippen LogP contribution in [0.2, 0.25) is 5.02 Å². The average Bonchev–Trinajstić information content (AvgIpc) is 2.72. The third-order valence-electron chi connectivity index (χ3n) is 4.37. The molecule has 0 heterocycles. The minimum Gasteiger partial charge on any atom is -0.482 e. The first-order valence-corrected chi connectivity index (χ1v) is 10.3. The van der Waals surface area contributed by atoms with Gasteiger partial charge in [0.2, 0.25) is 5.91 Å². The summed E-state index contributed by atoms with van der Waals surface area (Å²) < 4.78 is 5.49. The highest BCUT2D eigenvalue weighted by Crippen LogP contribution is 2.27. The van der Waals surface area contributed by atoms with Crippen molar-refractivity contribution in [2.24, 2.45) is 0 Å². The van der Waals surface area contributed by atoms with Crippen molar-refractivity contribution < 1.29 is 19.1 Å². The van der Waals surface area contributed by atoms with Gasteiger partial charge in [0.05, 0.1) is 11.6 Å². The summed E-state index contributed by atoms with van der Waals surface area (Å²) in [5.74, 6) is -0.204. The molecule has 166 valence electrons. The quantitative estimate of drug-likeness (QED) is 0.547. The molecule has 2 rings (SSSR count). The fourth-order valence-electron chi connectivity index (χ4n) is 2.77. The number of benzene rings is 2. The van der Waals surface area contributed by atoms with E-state index < -0.39 is 11.9 Å². The number of amides is 4. The van der Waals surface area contributed by atoms with Gasteiger partial charge < -0.3 is 25.6 Å². The van der Waals surface area contributed by atoms with Crippen molar-refractivity contribution in [2.75, 3.05) is 36.9 Å². The number of urea groups is 1. The Labute approximate surface area is 186 Å². The van der Waals surface area contributed by atoms with Crippen LogP contribution >= 0.6 is 11.6 Å². The minimum absolute atomic E-state index is 0.118. The lowest BCUT2D eigenvalue weighted by Gasteiger charge is -2.19. The van der Waals surface area contributed by atoms with E-state index in [0.717, 1.165) is 5.56 Å². The number of rotatable bonds is 9. The molecular weight excluding hydrogens is 420 g/mol. The van der Waals surface area contributed by atoms with Gasteiger partial charge in [-0.3, -0.25) is 9.59 Å². The molecule has 0 spiro atoms. The van der Waals surface area contributed by atoms with Crippen LogP contribution in [0.3, 0.4) is 0 Å². The van der Waals surface area contributed by atoms with Gasteiger partial charge in [-0.05, 0) is 56.7 Å². The summed E-state index contributed by atoms with van der Waals surface area (Å²) in [5, 5.41) is 8.05. The standard InChI is InChI=1S/C22H27ClN4O4/c1-4-27(5-2)21(29)14-31-19-10-9-17(12-18(19)23)25-20(28)13-24-22(30)26-16-8-6-7-15(3)11-16/h6-12H,4-5,13-14H2,1-3H3,(H,25,28)(H2,24,26,30). The molecule has 0 radical (unpaired) electrons. The normalized spacial score (nSPS) is 10.2. The highest BCUT2D eigenvalue weighted by Gasteiger charge is 2.12. The number of nitrogens with zero attached hydrogens (tertiary/aromatic N) is 1. The smallest absolute Gasteiger partial charge is 0.319 e. The second-order valence-electron chi connectivity index (χ2n) is 6.73. The zero-order valence-electron chi connectivity index (χ0n) is 17.8. The number of ether oxygens (including phenoxy) is 1. The first-order valence-electron chi connectivity index (χ1n) is 9.93. The zero-order valence-corrected chi connectivity index (χ0v) is 18.6. The summed E-state index contributed by atoms with van der Waals surface area (Å²) in [6, 6.07) is 11.5. The summed E-state index contributed by atoms with van der Waals surface area (Å²) in [7, 11) is 0. The van der Waals surface area contributed by atoms with Crippen LogP contribution in [0.1, 0.15) is 19.4 Å². The maximum absolute atomic E-state index is 12.1. The summed E-state index contributed by atoms with van der Waals surface area (Å²) in [4.78, 5) is 37.7. The lowest BCUT2D eigenvalue weighted by Crippen LogP contribution is -2.35. The molecule has 2 aromatic rings. The molecule has 0 aromatic heterocycles. The number of hydrogen-bond donors (Lipinski definition) is 3. The highest BCUT2D eigenvalue weighted by molar-refractivity contribution is 6.32. The number of hydrogen-bond acceptors (Lipinski definition) is 4. The highest BCUT2D eigenvalue weighted by atomic mass is 35.5. The van der Waals surface area contributed by atoms with Crippen LogP contribution in [0.5, 0.6) is 5.75 Å². The second-order valence-corrected chi connectivity index (χ2v) is 7.13. The number of halogens is 1. The molecule has 4 amide bonds. The number of carbonyl (C=O) groups is 3. The van der Waals surface area contributed by atoms with Gasteiger partial charge in [-0.1, -0.05) is 23.7 Å². The second kappa shape index (κ2) is 11.8. The number of likely N-dealkylation sites (N-methyl/N-ethyl adjacent to an activating group) is 1. The van der Waals surface area contributed by atoms with Crippen LogP contribution in [0.15, 0.2) is 42.5 Å². The van der Waals surface area contributed by atoms with Crippen LogP contribution in [0, 0.1) is 6.92 Å². The number of aryl methyl sites for hydroxylation is 1. The number of nitrogens with one attached hydrogen (secondary N) is 3. The van der Waals surface area contributed by atoms with E-state index in [1.165, 1.54) is 6.07 Å². The molecule has 0 fully saturated rings. The van der Waals surface area contributed by atoms with Gasteiger partial charge in [-0.15, -0.1) is 0 Å². The van der Waals surface area contributed by atoms with E-state index in [1.54, 1.807) is 23.1 Å². The number of carbonyl (C=O) groups excluding carboxylic acids is 3. The fraction of sp³-hybridized carbons (Fsp3) is 0.318. The van der Waals surface area contributed by atoms with E-state index in [0.29, 0.717) is 30.2 Å². The van der Waals surface area contributed by atoms with Crippen molar-refractivity contribution in [3.8, 4) is 5.75 Å². The molecule has 0 saturated carbocycles. The molecule has 0 saturated heterocycles. The van der Waals surface area contributed by atoms with Crippen LogP contribution in [-0.4, -0.2) is 49.0 Å². The SMILES string of the molecule is CCN(CC)C(=O)COc1ccc(NC(=O)CNC(=O)Nc2cccc(C)c2)cc1Cl. The molecule has 0 atom stereocenters. The molecule has 0 aliphatic heterocycles. The Morgan fingerprint density at radius 1 is 1.00 bits per heavy atom. The summed E-state index contributed by atoms with van der Waals surface area (Å²) in [6.45, 7) is 6.59. The molecule has 8 nitrogen and oxygen atoms in total. The topological polar surface area (TPSA) is 99.8 Å². The molecule has 3 N–H and O–H groups in total. The van der Waals surface area contributed by atoms with E-state index in [4.69, 9.17) is 16.3 Å². The average molecular weight is 447 g/mol. The third-order valence-corrected chi connectivity index (χ3v) is 4.66.